The number of rotatable bonds is 6. The average Bonchev–Trinajstić information content (AvgIpc) is 3.02. The predicted molar refractivity (Wildman–Crippen MR) is 177 cm³/mol. The zero-order valence-electron chi connectivity index (χ0n) is 25.8. The normalized spacial score (nSPS) is 25.6. The molecule has 2 N–H and O–H groups in total. The van der Waals surface area contributed by atoms with E-state index in [-0.39, 0.29) is 93.1 Å². The third kappa shape index (κ3) is 9.45. The SMILES string of the molecule is CC1=C(C)C(C)C([Si](C)(C)NC2CCC(N[Si](C)(C)C3=C(C)C(C)=C(C)C3C)CC2)=C1C.Cl.Cl.Cl.Cl.[Ti].[Ti]. The Morgan fingerprint density at radius 3 is 0.921 bits per heavy atom. The minimum absolute atomic E-state index is 0. The van der Waals surface area contributed by atoms with Crippen LogP contribution in [0.25, 0.3) is 0 Å². The van der Waals surface area contributed by atoms with Crippen molar-refractivity contribution in [3.63, 3.8) is 0 Å². The summed E-state index contributed by atoms with van der Waals surface area (Å²) in [6.45, 7) is 29.1. The van der Waals surface area contributed by atoms with Crippen molar-refractivity contribution in [1.82, 2.24) is 9.96 Å². The van der Waals surface area contributed by atoms with Gasteiger partial charge in [0.05, 0.1) is 0 Å². The predicted octanol–water partition coefficient (Wildman–Crippen LogP) is 9.25. The van der Waals surface area contributed by atoms with Gasteiger partial charge in [-0.2, -0.15) is 0 Å². The van der Waals surface area contributed by atoms with Crippen molar-refractivity contribution in [3.8, 4) is 0 Å². The summed E-state index contributed by atoms with van der Waals surface area (Å²) >= 11 is 0. The maximum atomic E-state index is 4.23. The van der Waals surface area contributed by atoms with Crippen LogP contribution in [0.4, 0.5) is 0 Å². The molecule has 10 heteroatoms. The summed E-state index contributed by atoms with van der Waals surface area (Å²) in [4.78, 5) is 8.45. The molecule has 0 spiro atoms. The zero-order chi connectivity index (χ0) is 24.2. The molecule has 0 aromatic rings. The van der Waals surface area contributed by atoms with Crippen molar-refractivity contribution in [1.29, 1.82) is 0 Å². The molecule has 0 aromatic heterocycles. The summed E-state index contributed by atoms with van der Waals surface area (Å²) in [5.74, 6) is 1.25. The zero-order valence-corrected chi connectivity index (χ0v) is 34.2. The fraction of sp³-hybridized carbons (Fsp3) is 0.714. The molecule has 0 aliphatic heterocycles. The van der Waals surface area contributed by atoms with Crippen molar-refractivity contribution in [2.45, 2.75) is 119 Å². The number of hydrogen-bond donors (Lipinski definition) is 2. The Morgan fingerprint density at radius 2 is 0.737 bits per heavy atom. The Hall–Kier alpha value is 1.90. The van der Waals surface area contributed by atoms with Gasteiger partial charge in [-0.05, 0) is 90.2 Å². The first-order valence-corrected chi connectivity index (χ1v) is 19.0. The molecule has 3 aliphatic carbocycles. The van der Waals surface area contributed by atoms with Crippen LogP contribution in [0.5, 0.6) is 0 Å². The summed E-state index contributed by atoms with van der Waals surface area (Å²) in [6.07, 6.45) is 5.26. The summed E-state index contributed by atoms with van der Waals surface area (Å²) in [5.41, 5.74) is 9.42. The molecule has 1 fully saturated rings. The monoisotopic (exact) mass is 710 g/mol. The van der Waals surface area contributed by atoms with Gasteiger partial charge >= 0.3 is 0 Å². The third-order valence-electron chi connectivity index (χ3n) is 9.48. The second-order valence-electron chi connectivity index (χ2n) is 12.2. The van der Waals surface area contributed by atoms with E-state index in [1.807, 2.05) is 0 Å². The first-order chi connectivity index (χ1) is 14.7. The van der Waals surface area contributed by atoms with Gasteiger partial charge in [0.25, 0.3) is 0 Å². The van der Waals surface area contributed by atoms with Crippen LogP contribution >= 0.6 is 49.6 Å². The van der Waals surface area contributed by atoms with Gasteiger partial charge in [-0.15, -0.1) is 49.6 Å². The largest absolute Gasteiger partial charge is 0.331 e. The van der Waals surface area contributed by atoms with Gasteiger partial charge in [0, 0.05) is 55.5 Å². The number of hydrogen-bond acceptors (Lipinski definition) is 2. The molecule has 220 valence electrons. The second kappa shape index (κ2) is 17.9. The Labute approximate surface area is 291 Å². The van der Waals surface area contributed by atoms with Crippen LogP contribution < -0.4 is 9.96 Å². The van der Waals surface area contributed by atoms with Crippen LogP contribution in [-0.2, 0) is 43.4 Å². The van der Waals surface area contributed by atoms with E-state index in [4.69, 9.17) is 0 Å². The van der Waals surface area contributed by atoms with Gasteiger partial charge in [-0.1, -0.05) is 72.7 Å². The molecule has 2 nitrogen and oxygen atoms in total. The Balaban J connectivity index is -0.000000963. The molecule has 0 bridgehead atoms. The fourth-order valence-corrected chi connectivity index (χ4v) is 15.1. The summed E-state index contributed by atoms with van der Waals surface area (Å²) < 4.78 is 0. The molecule has 0 radical (unpaired) electrons. The second-order valence-corrected chi connectivity index (χ2v) is 20.4. The molecule has 38 heavy (non-hydrogen) atoms. The fourth-order valence-electron chi connectivity index (χ4n) is 7.31. The Kier molecular flexibility index (Phi) is 22.0. The van der Waals surface area contributed by atoms with Gasteiger partial charge in [0.1, 0.15) is 16.5 Å². The molecular weight excluding hydrogens is 658 g/mol. The van der Waals surface area contributed by atoms with Gasteiger partial charge < -0.3 is 9.96 Å². The maximum Gasteiger partial charge on any atom is 0.148 e. The minimum Gasteiger partial charge on any atom is -0.331 e. The van der Waals surface area contributed by atoms with Crippen LogP contribution in [-0.4, -0.2) is 28.6 Å². The summed E-state index contributed by atoms with van der Waals surface area (Å²) in [5, 5.41) is 3.49. The van der Waals surface area contributed by atoms with Crippen molar-refractivity contribution in [2.75, 3.05) is 0 Å². The Bertz CT molecular complexity index is 848. The molecule has 0 amide bonds. The van der Waals surface area contributed by atoms with E-state index in [9.17, 15) is 0 Å². The van der Waals surface area contributed by atoms with Gasteiger partial charge in [0.2, 0.25) is 0 Å². The van der Waals surface area contributed by atoms with Crippen LogP contribution in [0.2, 0.25) is 26.2 Å². The molecule has 3 rings (SSSR count). The summed E-state index contributed by atoms with van der Waals surface area (Å²) in [7, 11) is -3.26. The van der Waals surface area contributed by atoms with Crippen LogP contribution in [0.15, 0.2) is 43.8 Å². The van der Waals surface area contributed by atoms with Crippen molar-refractivity contribution in [2.24, 2.45) is 11.8 Å². The van der Waals surface area contributed by atoms with E-state index in [0.717, 1.165) is 0 Å². The van der Waals surface area contributed by atoms with Gasteiger partial charge in [0.15, 0.2) is 0 Å². The maximum absolute atomic E-state index is 4.23. The average molecular weight is 712 g/mol. The van der Waals surface area contributed by atoms with E-state index in [0.29, 0.717) is 23.9 Å². The molecule has 2 unspecified atom stereocenters. The van der Waals surface area contributed by atoms with E-state index >= 15 is 0 Å². The number of nitrogens with one attached hydrogen (secondary N) is 2. The molecule has 2 atom stereocenters. The first-order valence-electron chi connectivity index (χ1n) is 13.0. The van der Waals surface area contributed by atoms with Crippen LogP contribution in [0.3, 0.4) is 0 Å². The van der Waals surface area contributed by atoms with E-state index in [1.165, 1.54) is 25.7 Å². The van der Waals surface area contributed by atoms with Crippen molar-refractivity contribution in [3.05, 3.63) is 43.8 Å². The first kappa shape index (κ1) is 46.8. The van der Waals surface area contributed by atoms with Gasteiger partial charge in [-0.25, -0.2) is 0 Å². The van der Waals surface area contributed by atoms with E-state index in [2.05, 4.69) is 91.5 Å². The minimum atomic E-state index is -1.63. The standard InChI is InChI=1S/C28H50N2Si2.4ClH.2Ti/c1-17-18(2)22(6)27(21(17)5)31(9,10)29-25-13-15-26(16-14-25)30-32(11,12)28-23(7)19(3)20(4)24(28)8;;;;;;/h21,23,25-26,29-30H,13-16H2,1-12H3;4*1H;;. The topological polar surface area (TPSA) is 24.1 Å². The molecule has 0 saturated heterocycles. The van der Waals surface area contributed by atoms with Gasteiger partial charge in [-0.3, -0.25) is 0 Å². The molecule has 0 aromatic carbocycles. The van der Waals surface area contributed by atoms with E-state index in [1.54, 1.807) is 43.8 Å². The molecular formula is C28H54Cl4N2Si2Ti2. The number of halogens is 4. The van der Waals surface area contributed by atoms with Crippen molar-refractivity contribution < 1.29 is 43.4 Å². The van der Waals surface area contributed by atoms with Crippen molar-refractivity contribution >= 4 is 66.1 Å². The van der Waals surface area contributed by atoms with Crippen LogP contribution in [0, 0.1) is 11.8 Å². The quantitative estimate of drug-likeness (QED) is 0.269. The third-order valence-corrected chi connectivity index (χ3v) is 16.1. The number of allylic oxidation sites excluding steroid dienone is 8. The Morgan fingerprint density at radius 1 is 0.500 bits per heavy atom. The molecule has 1 saturated carbocycles. The summed E-state index contributed by atoms with van der Waals surface area (Å²) in [6, 6.07) is 1.37. The molecule has 0 heterocycles. The smallest absolute Gasteiger partial charge is 0.148 e. The van der Waals surface area contributed by atoms with Crippen LogP contribution in [0.1, 0.15) is 81.1 Å². The van der Waals surface area contributed by atoms with E-state index < -0.39 is 16.5 Å². The molecule has 3 aliphatic rings.